The van der Waals surface area contributed by atoms with E-state index < -0.39 is 28.6 Å². The van der Waals surface area contributed by atoms with Gasteiger partial charge in [-0.25, -0.2) is 4.39 Å². The van der Waals surface area contributed by atoms with E-state index >= 15 is 0 Å². The van der Waals surface area contributed by atoms with Crippen molar-refractivity contribution in [2.24, 2.45) is 0 Å². The van der Waals surface area contributed by atoms with Gasteiger partial charge in [-0.2, -0.15) is 9.61 Å². The monoisotopic (exact) mass is 457 g/mol. The number of rotatable bonds is 6. The van der Waals surface area contributed by atoms with Crippen LogP contribution in [-0.2, 0) is 16.1 Å². The molecule has 2 aromatic rings. The molecule has 2 saturated heterocycles. The van der Waals surface area contributed by atoms with E-state index in [0.717, 1.165) is 28.3 Å². The molecule has 2 aromatic heterocycles. The van der Waals surface area contributed by atoms with Gasteiger partial charge in [-0.3, -0.25) is 19.0 Å². The summed E-state index contributed by atoms with van der Waals surface area (Å²) in [6.07, 6.45) is 7.43. The Kier molecular flexibility index (Phi) is 4.42. The number of amides is 2. The van der Waals surface area contributed by atoms with E-state index in [-0.39, 0.29) is 36.3 Å². The van der Waals surface area contributed by atoms with Gasteiger partial charge in [-0.05, 0) is 38.2 Å². The number of hydrogen-bond acceptors (Lipinski definition) is 6. The van der Waals surface area contributed by atoms with Crippen LogP contribution in [0.2, 0.25) is 0 Å². The third-order valence-corrected chi connectivity index (χ3v) is 6.87. The molecule has 4 fully saturated rings. The van der Waals surface area contributed by atoms with Crippen LogP contribution in [0.5, 0.6) is 5.88 Å². The van der Waals surface area contributed by atoms with Crippen molar-refractivity contribution < 1.29 is 23.8 Å². The zero-order valence-corrected chi connectivity index (χ0v) is 17.9. The number of likely N-dealkylation sites (tertiary alicyclic amines) is 1. The molecule has 11 heteroatoms. The average Bonchev–Trinajstić information content (AvgIpc) is 3.57. The number of nitrogens with zero attached hydrogens (tertiary/aromatic N) is 4. The van der Waals surface area contributed by atoms with Crippen molar-refractivity contribution in [3.63, 3.8) is 0 Å². The Labute approximate surface area is 187 Å². The molecule has 2 aliphatic carbocycles. The minimum absolute atomic E-state index is 0.0234. The van der Waals surface area contributed by atoms with Gasteiger partial charge in [0.1, 0.15) is 11.3 Å². The van der Waals surface area contributed by atoms with Gasteiger partial charge in [0.15, 0.2) is 5.56 Å². The minimum Gasteiger partial charge on any atom is -0.492 e. The second-order valence-electron chi connectivity index (χ2n) is 9.49. The van der Waals surface area contributed by atoms with Crippen molar-refractivity contribution in [2.75, 3.05) is 13.2 Å². The van der Waals surface area contributed by atoms with Crippen LogP contribution in [0.3, 0.4) is 0 Å². The summed E-state index contributed by atoms with van der Waals surface area (Å²) < 4.78 is 22.5. The Balaban J connectivity index is 1.39. The molecule has 2 amide bonds. The van der Waals surface area contributed by atoms with Gasteiger partial charge in [-0.1, -0.05) is 0 Å². The molecule has 0 unspecified atom stereocenters. The molecular weight excluding hydrogens is 433 g/mol. The summed E-state index contributed by atoms with van der Waals surface area (Å²) in [5, 5.41) is 17.5. The Morgan fingerprint density at radius 1 is 1.36 bits per heavy atom. The van der Waals surface area contributed by atoms with E-state index in [1.54, 1.807) is 4.90 Å². The van der Waals surface area contributed by atoms with Gasteiger partial charge in [0.05, 0.1) is 31.5 Å². The van der Waals surface area contributed by atoms with Gasteiger partial charge in [0, 0.05) is 24.2 Å². The Morgan fingerprint density at radius 3 is 2.79 bits per heavy atom. The second-order valence-corrected chi connectivity index (χ2v) is 9.49. The quantitative estimate of drug-likeness (QED) is 0.614. The van der Waals surface area contributed by atoms with Crippen molar-refractivity contribution in [2.45, 2.75) is 62.5 Å². The van der Waals surface area contributed by atoms with Crippen LogP contribution in [-0.4, -0.2) is 73.0 Å². The number of aromatic hydroxyl groups is 1. The first kappa shape index (κ1) is 20.4. The SMILES string of the molecule is O=C(NC1CC1)c1c(O)n2ncc(/C=C/C(=O)N3C[C@@H]4C[C@H]3CO4)c2n(CC2(F)CC2)c1=O. The number of carbonyl (C=O) groups excluding carboxylic acids is 2. The molecule has 0 aromatic carbocycles. The molecule has 33 heavy (non-hydrogen) atoms. The number of nitrogens with one attached hydrogen (secondary N) is 1. The fourth-order valence-corrected chi connectivity index (χ4v) is 4.66. The van der Waals surface area contributed by atoms with Crippen molar-refractivity contribution in [1.82, 2.24) is 24.4 Å². The second kappa shape index (κ2) is 7.14. The summed E-state index contributed by atoms with van der Waals surface area (Å²) in [5.74, 6) is -1.49. The van der Waals surface area contributed by atoms with Crippen LogP contribution < -0.4 is 10.9 Å². The maximum Gasteiger partial charge on any atom is 0.270 e. The van der Waals surface area contributed by atoms with Crippen molar-refractivity contribution in [1.29, 1.82) is 0 Å². The summed E-state index contributed by atoms with van der Waals surface area (Å²) >= 11 is 0. The zero-order valence-electron chi connectivity index (χ0n) is 17.9. The van der Waals surface area contributed by atoms with Gasteiger partial charge < -0.3 is 20.1 Å². The van der Waals surface area contributed by atoms with E-state index in [4.69, 9.17) is 4.74 Å². The standard InChI is InChI=1S/C22H24FN5O5/c23-22(5-6-22)11-27-19-12(1-4-16(29)26-9-15-7-14(26)10-33-15)8-24-28(19)21(32)17(20(27)31)18(30)25-13-2-3-13/h1,4,8,13-15,32H,2-3,5-7,9-11H2,(H,25,30)/b4-1+/t14-,15-/m0/s1. The molecule has 2 aliphatic heterocycles. The Bertz CT molecular complexity index is 1260. The molecular formula is C22H24FN5O5. The lowest BCUT2D eigenvalue weighted by atomic mass is 10.2. The summed E-state index contributed by atoms with van der Waals surface area (Å²) in [4.78, 5) is 40.4. The lowest BCUT2D eigenvalue weighted by Gasteiger charge is -2.25. The van der Waals surface area contributed by atoms with Crippen LogP contribution >= 0.6 is 0 Å². The summed E-state index contributed by atoms with van der Waals surface area (Å²) in [6, 6.07) is 0.0388. The van der Waals surface area contributed by atoms with Gasteiger partial charge in [0.2, 0.25) is 11.8 Å². The van der Waals surface area contributed by atoms with Crippen molar-refractivity contribution in [3.05, 3.63) is 33.8 Å². The van der Waals surface area contributed by atoms with Crippen LogP contribution in [0.15, 0.2) is 17.1 Å². The summed E-state index contributed by atoms with van der Waals surface area (Å²) in [6.45, 7) is 0.809. The molecule has 2 saturated carbocycles. The molecule has 4 heterocycles. The molecule has 174 valence electrons. The van der Waals surface area contributed by atoms with E-state index in [0.29, 0.717) is 31.6 Å². The maximum atomic E-state index is 14.7. The van der Waals surface area contributed by atoms with E-state index in [1.165, 1.54) is 18.3 Å². The number of carbonyl (C=O) groups is 2. The van der Waals surface area contributed by atoms with Crippen LogP contribution in [0, 0.1) is 0 Å². The highest BCUT2D eigenvalue weighted by atomic mass is 19.1. The molecule has 6 rings (SSSR count). The van der Waals surface area contributed by atoms with Gasteiger partial charge >= 0.3 is 0 Å². The molecule has 0 radical (unpaired) electrons. The van der Waals surface area contributed by atoms with Crippen molar-refractivity contribution >= 4 is 23.5 Å². The normalized spacial score (nSPS) is 25.3. The van der Waals surface area contributed by atoms with Crippen molar-refractivity contribution in [3.8, 4) is 5.88 Å². The zero-order chi connectivity index (χ0) is 22.9. The van der Waals surface area contributed by atoms with Gasteiger partial charge in [0.25, 0.3) is 11.5 Å². The lowest BCUT2D eigenvalue weighted by Crippen LogP contribution is -2.40. The Morgan fingerprint density at radius 2 is 2.15 bits per heavy atom. The topological polar surface area (TPSA) is 118 Å². The first-order valence-corrected chi connectivity index (χ1v) is 11.3. The summed E-state index contributed by atoms with van der Waals surface area (Å²) in [7, 11) is 0. The third-order valence-electron chi connectivity index (χ3n) is 6.87. The predicted molar refractivity (Wildman–Crippen MR) is 114 cm³/mol. The molecule has 10 nitrogen and oxygen atoms in total. The number of ether oxygens (including phenoxy) is 1. The predicted octanol–water partition coefficient (Wildman–Crippen LogP) is 0.609. The number of hydrogen-bond donors (Lipinski definition) is 2. The fourth-order valence-electron chi connectivity index (χ4n) is 4.66. The van der Waals surface area contributed by atoms with Crippen LogP contribution in [0.4, 0.5) is 4.39 Å². The lowest BCUT2D eigenvalue weighted by molar-refractivity contribution is -0.130. The van der Waals surface area contributed by atoms with E-state index in [2.05, 4.69) is 10.4 Å². The maximum absolute atomic E-state index is 14.7. The highest BCUT2D eigenvalue weighted by Crippen LogP contribution is 2.41. The Hall–Kier alpha value is -3.21. The highest BCUT2D eigenvalue weighted by molar-refractivity contribution is 5.97. The molecule has 2 atom stereocenters. The van der Waals surface area contributed by atoms with Crippen LogP contribution in [0.1, 0.15) is 48.0 Å². The smallest absolute Gasteiger partial charge is 0.270 e. The molecule has 2 N–H and O–H groups in total. The van der Waals surface area contributed by atoms with Gasteiger partial charge in [-0.15, -0.1) is 0 Å². The number of halogens is 1. The first-order valence-electron chi connectivity index (χ1n) is 11.3. The number of fused-ring (bicyclic) bond motifs is 3. The minimum atomic E-state index is -1.54. The van der Waals surface area contributed by atoms with Crippen LogP contribution in [0.25, 0.3) is 11.7 Å². The summed E-state index contributed by atoms with van der Waals surface area (Å²) in [5.41, 5.74) is -2.27. The molecule has 2 bridgehead atoms. The highest BCUT2D eigenvalue weighted by Gasteiger charge is 2.45. The van der Waals surface area contributed by atoms with E-state index in [1.807, 2.05) is 0 Å². The number of morpholine rings is 1. The third kappa shape index (κ3) is 3.50. The average molecular weight is 457 g/mol. The number of aromatic nitrogens is 3. The molecule has 0 spiro atoms. The van der Waals surface area contributed by atoms with E-state index in [9.17, 15) is 23.9 Å². The molecule has 4 aliphatic rings. The largest absolute Gasteiger partial charge is 0.492 e. The fraction of sp³-hybridized carbons (Fsp3) is 0.545. The first-order chi connectivity index (χ1) is 15.8. The number of alkyl halides is 1.